The van der Waals surface area contributed by atoms with Crippen molar-refractivity contribution in [3.8, 4) is 0 Å². The normalized spacial score (nSPS) is 10.7. The number of nitrogens with one attached hydrogen (secondary N) is 1. The predicted molar refractivity (Wildman–Crippen MR) is 71.9 cm³/mol. The summed E-state index contributed by atoms with van der Waals surface area (Å²) in [5.74, 6) is -0.125. The van der Waals surface area contributed by atoms with Gasteiger partial charge in [-0.15, -0.1) is 10.2 Å². The molecule has 18 heavy (non-hydrogen) atoms. The number of amides is 1. The van der Waals surface area contributed by atoms with Gasteiger partial charge in [-0.3, -0.25) is 4.79 Å². The standard InChI is InChI=1S/C11H20N4O2S/c1-4-12-11-14-13-9(18-11)10(17)15(8(2)3)6-5-7-16/h8,16H,4-7H2,1-3H3,(H,12,14). The van der Waals surface area contributed by atoms with Crippen molar-refractivity contribution >= 4 is 22.4 Å². The second-order valence-electron chi connectivity index (χ2n) is 4.11. The van der Waals surface area contributed by atoms with Crippen LogP contribution in [0.5, 0.6) is 0 Å². The third kappa shape index (κ3) is 3.92. The average molecular weight is 272 g/mol. The molecule has 0 saturated heterocycles. The highest BCUT2D eigenvalue weighted by Crippen LogP contribution is 2.17. The van der Waals surface area contributed by atoms with Crippen LogP contribution in [0.25, 0.3) is 0 Å². The Morgan fingerprint density at radius 3 is 2.78 bits per heavy atom. The Morgan fingerprint density at radius 2 is 2.22 bits per heavy atom. The van der Waals surface area contributed by atoms with Crippen molar-refractivity contribution in [2.75, 3.05) is 25.0 Å². The van der Waals surface area contributed by atoms with E-state index in [-0.39, 0.29) is 18.6 Å². The average Bonchev–Trinajstić information content (AvgIpc) is 2.78. The minimum absolute atomic E-state index is 0.0786. The summed E-state index contributed by atoms with van der Waals surface area (Å²) in [4.78, 5) is 13.9. The number of aliphatic hydroxyl groups excluding tert-OH is 1. The highest BCUT2D eigenvalue weighted by Gasteiger charge is 2.22. The number of aliphatic hydroxyl groups is 1. The number of carbonyl (C=O) groups is 1. The highest BCUT2D eigenvalue weighted by atomic mass is 32.1. The molecule has 0 atom stereocenters. The van der Waals surface area contributed by atoms with Gasteiger partial charge in [0.05, 0.1) is 0 Å². The van der Waals surface area contributed by atoms with E-state index >= 15 is 0 Å². The fraction of sp³-hybridized carbons (Fsp3) is 0.727. The second-order valence-corrected chi connectivity index (χ2v) is 5.09. The van der Waals surface area contributed by atoms with E-state index in [0.717, 1.165) is 6.54 Å². The maximum absolute atomic E-state index is 12.2. The van der Waals surface area contributed by atoms with Gasteiger partial charge in [0.15, 0.2) is 0 Å². The molecule has 1 rings (SSSR count). The molecular weight excluding hydrogens is 252 g/mol. The van der Waals surface area contributed by atoms with E-state index in [0.29, 0.717) is 23.1 Å². The summed E-state index contributed by atoms with van der Waals surface area (Å²) in [6.07, 6.45) is 0.572. The van der Waals surface area contributed by atoms with Gasteiger partial charge in [0.2, 0.25) is 10.1 Å². The Kier molecular flexibility index (Phi) is 6.00. The van der Waals surface area contributed by atoms with Gasteiger partial charge in [-0.25, -0.2) is 0 Å². The molecule has 2 N–H and O–H groups in total. The molecule has 0 radical (unpaired) electrons. The lowest BCUT2D eigenvalue weighted by Gasteiger charge is -2.25. The second kappa shape index (κ2) is 7.27. The Labute approximate surface area is 111 Å². The molecule has 7 heteroatoms. The van der Waals surface area contributed by atoms with Crippen molar-refractivity contribution in [1.82, 2.24) is 15.1 Å². The number of aromatic nitrogens is 2. The summed E-state index contributed by atoms with van der Waals surface area (Å²) in [5.41, 5.74) is 0. The SMILES string of the molecule is CCNc1nnc(C(=O)N(CCCO)C(C)C)s1. The topological polar surface area (TPSA) is 78.4 Å². The number of anilines is 1. The van der Waals surface area contributed by atoms with E-state index in [9.17, 15) is 4.79 Å². The first kappa shape index (κ1) is 14.8. The molecule has 0 aliphatic rings. The molecule has 1 heterocycles. The zero-order chi connectivity index (χ0) is 13.5. The largest absolute Gasteiger partial charge is 0.396 e. The van der Waals surface area contributed by atoms with Crippen LogP contribution in [0.4, 0.5) is 5.13 Å². The van der Waals surface area contributed by atoms with Gasteiger partial charge < -0.3 is 15.3 Å². The molecule has 0 saturated carbocycles. The molecule has 0 unspecified atom stereocenters. The summed E-state index contributed by atoms with van der Waals surface area (Å²) in [7, 11) is 0. The molecule has 0 fully saturated rings. The third-order valence-corrected chi connectivity index (χ3v) is 3.25. The van der Waals surface area contributed by atoms with Crippen LogP contribution < -0.4 is 5.32 Å². The van der Waals surface area contributed by atoms with E-state index in [4.69, 9.17) is 5.11 Å². The van der Waals surface area contributed by atoms with Crippen molar-refractivity contribution in [1.29, 1.82) is 0 Å². The zero-order valence-electron chi connectivity index (χ0n) is 11.0. The van der Waals surface area contributed by atoms with Crippen molar-refractivity contribution < 1.29 is 9.90 Å². The molecule has 6 nitrogen and oxygen atoms in total. The summed E-state index contributed by atoms with van der Waals surface area (Å²) in [6, 6.07) is 0.0792. The van der Waals surface area contributed by atoms with E-state index in [1.54, 1.807) is 4.90 Å². The molecule has 1 amide bonds. The number of carbonyl (C=O) groups excluding carboxylic acids is 1. The lowest BCUT2D eigenvalue weighted by Crippen LogP contribution is -2.38. The fourth-order valence-electron chi connectivity index (χ4n) is 1.49. The first-order valence-electron chi connectivity index (χ1n) is 6.09. The van der Waals surface area contributed by atoms with Crippen molar-refractivity contribution in [2.45, 2.75) is 33.2 Å². The van der Waals surface area contributed by atoms with Crippen LogP contribution in [-0.4, -0.2) is 51.8 Å². The van der Waals surface area contributed by atoms with E-state index in [2.05, 4.69) is 15.5 Å². The minimum atomic E-state index is -0.125. The maximum Gasteiger partial charge on any atom is 0.285 e. The maximum atomic E-state index is 12.2. The van der Waals surface area contributed by atoms with Crippen LogP contribution in [0.15, 0.2) is 0 Å². The zero-order valence-corrected chi connectivity index (χ0v) is 11.8. The number of hydrogen-bond acceptors (Lipinski definition) is 6. The van der Waals surface area contributed by atoms with Crippen molar-refractivity contribution in [3.63, 3.8) is 0 Å². The van der Waals surface area contributed by atoms with Gasteiger partial charge in [-0.1, -0.05) is 11.3 Å². The van der Waals surface area contributed by atoms with Gasteiger partial charge in [-0.2, -0.15) is 0 Å². The first-order valence-corrected chi connectivity index (χ1v) is 6.91. The monoisotopic (exact) mass is 272 g/mol. The van der Waals surface area contributed by atoms with Gasteiger partial charge >= 0.3 is 0 Å². The van der Waals surface area contributed by atoms with Crippen LogP contribution in [0.1, 0.15) is 37.0 Å². The lowest BCUT2D eigenvalue weighted by molar-refractivity contribution is 0.0692. The van der Waals surface area contributed by atoms with Gasteiger partial charge in [0.25, 0.3) is 5.91 Å². The molecular formula is C11H20N4O2S. The predicted octanol–water partition coefficient (Wildman–Crippen LogP) is 1.20. The number of rotatable bonds is 7. The van der Waals surface area contributed by atoms with Gasteiger partial charge in [-0.05, 0) is 27.2 Å². The van der Waals surface area contributed by atoms with Gasteiger partial charge in [0, 0.05) is 25.7 Å². The lowest BCUT2D eigenvalue weighted by atomic mass is 10.3. The van der Waals surface area contributed by atoms with E-state index in [1.807, 2.05) is 20.8 Å². The molecule has 102 valence electrons. The van der Waals surface area contributed by atoms with Crippen LogP contribution >= 0.6 is 11.3 Å². The molecule has 1 aromatic heterocycles. The Balaban J connectivity index is 2.74. The molecule has 0 aliphatic carbocycles. The summed E-state index contributed by atoms with van der Waals surface area (Å²) < 4.78 is 0. The minimum Gasteiger partial charge on any atom is -0.396 e. The summed E-state index contributed by atoms with van der Waals surface area (Å²) in [6.45, 7) is 7.22. The molecule has 0 spiro atoms. The van der Waals surface area contributed by atoms with Crippen molar-refractivity contribution in [3.05, 3.63) is 5.01 Å². The van der Waals surface area contributed by atoms with Crippen molar-refractivity contribution in [2.24, 2.45) is 0 Å². The molecule has 1 aromatic rings. The van der Waals surface area contributed by atoms with E-state index < -0.39 is 0 Å². The molecule has 0 aromatic carbocycles. The third-order valence-electron chi connectivity index (χ3n) is 2.38. The Bertz CT molecular complexity index is 381. The molecule has 0 aliphatic heterocycles. The first-order chi connectivity index (χ1) is 8.60. The van der Waals surface area contributed by atoms with Gasteiger partial charge in [0.1, 0.15) is 0 Å². The van der Waals surface area contributed by atoms with Crippen LogP contribution in [0, 0.1) is 0 Å². The van der Waals surface area contributed by atoms with Crippen LogP contribution in [0.2, 0.25) is 0 Å². The highest BCUT2D eigenvalue weighted by molar-refractivity contribution is 7.17. The Hall–Kier alpha value is -1.21. The number of nitrogens with zero attached hydrogens (tertiary/aromatic N) is 3. The van der Waals surface area contributed by atoms with E-state index in [1.165, 1.54) is 11.3 Å². The molecule has 0 bridgehead atoms. The van der Waals surface area contributed by atoms with Crippen LogP contribution in [-0.2, 0) is 0 Å². The quantitative estimate of drug-likeness (QED) is 0.780. The smallest absolute Gasteiger partial charge is 0.285 e. The Morgan fingerprint density at radius 1 is 1.50 bits per heavy atom. The fourth-order valence-corrected chi connectivity index (χ4v) is 2.26. The summed E-state index contributed by atoms with van der Waals surface area (Å²) in [5, 5.41) is 20.7. The van der Waals surface area contributed by atoms with Crippen LogP contribution in [0.3, 0.4) is 0 Å². The number of hydrogen-bond donors (Lipinski definition) is 2. The summed E-state index contributed by atoms with van der Waals surface area (Å²) >= 11 is 1.26.